The van der Waals surface area contributed by atoms with Crippen LogP contribution in [-0.2, 0) is 17.9 Å². The summed E-state index contributed by atoms with van der Waals surface area (Å²) in [6, 6.07) is 12.5. The maximum atomic E-state index is 13.7. The topological polar surface area (TPSA) is 87.8 Å². The first-order valence-electron chi connectivity index (χ1n) is 9.86. The molecule has 4 heterocycles. The molecule has 4 aromatic rings. The third-order valence-electron chi connectivity index (χ3n) is 5.33. The number of aromatic nitrogens is 1. The van der Waals surface area contributed by atoms with Gasteiger partial charge in [-0.25, -0.2) is 4.98 Å². The number of phenolic OH excluding ortho intramolecular Hbond substituents is 1. The average molecular weight is 436 g/mol. The summed E-state index contributed by atoms with van der Waals surface area (Å²) in [6.45, 7) is 2.68. The molecule has 1 aliphatic rings. The van der Waals surface area contributed by atoms with Crippen LogP contribution in [0, 0.1) is 6.92 Å². The Labute approximate surface area is 182 Å². The molecule has 1 amide bonds. The third kappa shape index (κ3) is 3.43. The van der Waals surface area contributed by atoms with E-state index in [2.05, 4.69) is 10.3 Å². The lowest BCUT2D eigenvalue weighted by Crippen LogP contribution is -2.41. The summed E-state index contributed by atoms with van der Waals surface area (Å²) in [5.74, 6) is 0.775. The lowest BCUT2D eigenvalue weighted by molar-refractivity contribution is 0.0657. The van der Waals surface area contributed by atoms with Crippen molar-refractivity contribution in [1.82, 2.24) is 9.88 Å². The quantitative estimate of drug-likeness (QED) is 0.467. The Kier molecular flexibility index (Phi) is 4.88. The minimum atomic E-state index is -0.430. The van der Waals surface area contributed by atoms with E-state index >= 15 is 0 Å². The van der Waals surface area contributed by atoms with Crippen LogP contribution in [-0.4, -0.2) is 28.0 Å². The van der Waals surface area contributed by atoms with Gasteiger partial charge in [-0.2, -0.15) is 0 Å². The van der Waals surface area contributed by atoms with Crippen LogP contribution in [0.1, 0.15) is 38.4 Å². The number of pyridine rings is 1. The Bertz CT molecular complexity index is 1250. The number of ether oxygens (including phenoxy) is 1. The zero-order valence-corrected chi connectivity index (χ0v) is 17.9. The van der Waals surface area contributed by atoms with Crippen molar-refractivity contribution in [1.29, 1.82) is 0 Å². The van der Waals surface area contributed by atoms with Gasteiger partial charge in [0.05, 0.1) is 25.1 Å². The van der Waals surface area contributed by atoms with Gasteiger partial charge in [0.2, 0.25) is 0 Å². The van der Waals surface area contributed by atoms with E-state index in [-0.39, 0.29) is 11.7 Å². The average Bonchev–Trinajstić information content (AvgIpc) is 3.38. The number of anilines is 1. The van der Waals surface area contributed by atoms with Crippen molar-refractivity contribution in [3.8, 4) is 5.75 Å². The van der Waals surface area contributed by atoms with Gasteiger partial charge in [-0.1, -0.05) is 12.1 Å². The van der Waals surface area contributed by atoms with Crippen molar-refractivity contribution < 1.29 is 19.1 Å². The number of aromatic hydroxyl groups is 1. The summed E-state index contributed by atoms with van der Waals surface area (Å²) in [6.07, 6.45) is 1.17. The normalized spacial score (nSPS) is 15.9. The summed E-state index contributed by atoms with van der Waals surface area (Å²) in [5, 5.41) is 14.2. The van der Waals surface area contributed by atoms with Gasteiger partial charge in [0, 0.05) is 18.2 Å². The summed E-state index contributed by atoms with van der Waals surface area (Å²) in [5.41, 5.74) is 3.51. The number of benzene rings is 1. The largest absolute Gasteiger partial charge is 0.508 e. The number of rotatable bonds is 5. The van der Waals surface area contributed by atoms with Gasteiger partial charge >= 0.3 is 0 Å². The smallest absolute Gasteiger partial charge is 0.268 e. The van der Waals surface area contributed by atoms with E-state index in [0.29, 0.717) is 23.8 Å². The molecule has 3 aromatic heterocycles. The molecule has 0 saturated carbocycles. The van der Waals surface area contributed by atoms with E-state index in [4.69, 9.17) is 9.15 Å². The fraction of sp³-hybridized carbons (Fsp3) is 0.217. The Balaban J connectivity index is 1.67. The van der Waals surface area contributed by atoms with Crippen molar-refractivity contribution >= 4 is 33.1 Å². The standard InChI is InChI=1S/C23H21N3O4S/c1-13-10-15(12-29-2)18-19-20(31-22(18)24-13)23(28)26(11-17-4-3-9-30-17)21(25-19)14-5-7-16(27)8-6-14/h3-10,21,25,27H,11-12H2,1-2H3/t21-/m0/s1. The molecule has 0 unspecified atom stereocenters. The van der Waals surface area contributed by atoms with E-state index in [9.17, 15) is 9.90 Å². The van der Waals surface area contributed by atoms with Gasteiger partial charge in [-0.3, -0.25) is 4.79 Å². The van der Waals surface area contributed by atoms with Gasteiger partial charge < -0.3 is 24.5 Å². The molecule has 0 spiro atoms. The van der Waals surface area contributed by atoms with Crippen molar-refractivity contribution in [3.05, 3.63) is 76.2 Å². The number of hydrogen-bond acceptors (Lipinski definition) is 7. The number of phenols is 1. The lowest BCUT2D eigenvalue weighted by Gasteiger charge is -2.36. The van der Waals surface area contributed by atoms with Crippen LogP contribution in [0.5, 0.6) is 5.75 Å². The summed E-state index contributed by atoms with van der Waals surface area (Å²) in [7, 11) is 1.66. The SMILES string of the molecule is COCc1cc(C)nc2sc3c(c12)N[C@H](c1ccc(O)cc1)N(Cc1ccco1)C3=O. The van der Waals surface area contributed by atoms with E-state index < -0.39 is 6.17 Å². The molecule has 7 nitrogen and oxygen atoms in total. The van der Waals surface area contributed by atoms with Gasteiger partial charge in [-0.15, -0.1) is 11.3 Å². The fourth-order valence-electron chi connectivity index (χ4n) is 3.99. The van der Waals surface area contributed by atoms with Crippen LogP contribution >= 0.6 is 11.3 Å². The molecule has 31 heavy (non-hydrogen) atoms. The van der Waals surface area contributed by atoms with Gasteiger partial charge in [-0.05, 0) is 48.4 Å². The highest BCUT2D eigenvalue weighted by Crippen LogP contribution is 2.44. The van der Waals surface area contributed by atoms with Crippen LogP contribution in [0.4, 0.5) is 5.69 Å². The molecule has 2 N–H and O–H groups in total. The molecule has 1 aliphatic heterocycles. The predicted molar refractivity (Wildman–Crippen MR) is 118 cm³/mol. The first-order chi connectivity index (χ1) is 15.0. The van der Waals surface area contributed by atoms with Crippen molar-refractivity contribution in [2.45, 2.75) is 26.2 Å². The molecule has 0 fully saturated rings. The number of methoxy groups -OCH3 is 1. The number of carbonyl (C=O) groups excluding carboxylic acids is 1. The maximum absolute atomic E-state index is 13.7. The number of amides is 1. The van der Waals surface area contributed by atoms with E-state index in [1.54, 1.807) is 36.5 Å². The Morgan fingerprint density at radius 2 is 2.10 bits per heavy atom. The second-order valence-electron chi connectivity index (χ2n) is 7.49. The number of aryl methyl sites for hydroxylation is 1. The molecular weight excluding hydrogens is 414 g/mol. The molecular formula is C23H21N3O4S. The maximum Gasteiger partial charge on any atom is 0.268 e. The van der Waals surface area contributed by atoms with Crippen LogP contribution in [0.25, 0.3) is 10.2 Å². The minimum absolute atomic E-state index is 0.0905. The summed E-state index contributed by atoms with van der Waals surface area (Å²) in [4.78, 5) is 21.5. The van der Waals surface area contributed by atoms with Crippen molar-refractivity contribution in [2.24, 2.45) is 0 Å². The van der Waals surface area contributed by atoms with Crippen LogP contribution in [0.15, 0.2) is 53.1 Å². The Hall–Kier alpha value is -3.36. The van der Waals surface area contributed by atoms with Crippen molar-refractivity contribution in [3.63, 3.8) is 0 Å². The number of nitrogens with one attached hydrogen (secondary N) is 1. The lowest BCUT2D eigenvalue weighted by atomic mass is 10.0. The molecule has 1 atom stereocenters. The number of nitrogens with zero attached hydrogens (tertiary/aromatic N) is 2. The highest BCUT2D eigenvalue weighted by atomic mass is 32.1. The zero-order valence-electron chi connectivity index (χ0n) is 17.1. The van der Waals surface area contributed by atoms with Gasteiger partial charge in [0.1, 0.15) is 27.4 Å². The molecule has 0 radical (unpaired) electrons. The molecule has 0 bridgehead atoms. The second kappa shape index (κ2) is 7.72. The number of carbonyl (C=O) groups is 1. The molecule has 5 rings (SSSR count). The van der Waals surface area contributed by atoms with E-state index in [0.717, 1.165) is 32.7 Å². The van der Waals surface area contributed by atoms with Gasteiger partial charge in [0.15, 0.2) is 0 Å². The molecule has 0 aliphatic carbocycles. The second-order valence-corrected chi connectivity index (χ2v) is 8.49. The number of hydrogen-bond donors (Lipinski definition) is 2. The molecule has 158 valence electrons. The highest BCUT2D eigenvalue weighted by molar-refractivity contribution is 7.21. The van der Waals surface area contributed by atoms with Gasteiger partial charge in [0.25, 0.3) is 5.91 Å². The molecule has 0 saturated heterocycles. The molecule has 1 aromatic carbocycles. The summed E-state index contributed by atoms with van der Waals surface area (Å²) < 4.78 is 10.9. The number of thiophene rings is 1. The minimum Gasteiger partial charge on any atom is -0.508 e. The number of fused-ring (bicyclic) bond motifs is 3. The third-order valence-corrected chi connectivity index (χ3v) is 6.41. The first-order valence-corrected chi connectivity index (χ1v) is 10.7. The Morgan fingerprint density at radius 1 is 1.29 bits per heavy atom. The van der Waals surface area contributed by atoms with E-state index in [1.807, 2.05) is 31.2 Å². The summed E-state index contributed by atoms with van der Waals surface area (Å²) >= 11 is 1.39. The highest BCUT2D eigenvalue weighted by Gasteiger charge is 2.37. The van der Waals surface area contributed by atoms with Crippen LogP contribution in [0.3, 0.4) is 0 Å². The Morgan fingerprint density at radius 3 is 2.81 bits per heavy atom. The van der Waals surface area contributed by atoms with Crippen LogP contribution < -0.4 is 5.32 Å². The molecule has 8 heteroatoms. The predicted octanol–water partition coefficient (Wildman–Crippen LogP) is 4.82. The number of furan rings is 1. The fourth-order valence-corrected chi connectivity index (χ4v) is 5.17. The monoisotopic (exact) mass is 435 g/mol. The van der Waals surface area contributed by atoms with E-state index in [1.165, 1.54) is 11.3 Å². The zero-order chi connectivity index (χ0) is 21.5. The van der Waals surface area contributed by atoms with Crippen molar-refractivity contribution in [2.75, 3.05) is 12.4 Å². The first kappa shape index (κ1) is 19.6. The van der Waals surface area contributed by atoms with Crippen LogP contribution in [0.2, 0.25) is 0 Å².